The van der Waals surface area contributed by atoms with Gasteiger partial charge in [-0.2, -0.15) is 0 Å². The average Bonchev–Trinajstić information content (AvgIpc) is 1.97. The third-order valence-corrected chi connectivity index (χ3v) is 2.30. The molecule has 0 aliphatic carbocycles. The number of hydrogen-bond donors (Lipinski definition) is 1. The molecule has 1 aliphatic heterocycles. The summed E-state index contributed by atoms with van der Waals surface area (Å²) < 4.78 is 0. The summed E-state index contributed by atoms with van der Waals surface area (Å²) in [5, 5.41) is 3.08. The molecule has 1 amide bonds. The maximum atomic E-state index is 11.1. The van der Waals surface area contributed by atoms with Crippen molar-refractivity contribution in [3.63, 3.8) is 0 Å². The number of rotatable bonds is 0. The molecule has 0 aromatic heterocycles. The first-order valence-corrected chi connectivity index (χ1v) is 3.46. The fraction of sp³-hybridized carbons (Fsp3) is 0.667. The maximum Gasteiger partial charge on any atom is 0.251 e. The van der Waals surface area contributed by atoms with E-state index < -0.39 is 5.54 Å². The van der Waals surface area contributed by atoms with Crippen LogP contribution in [0.15, 0.2) is 0 Å². The van der Waals surface area contributed by atoms with E-state index in [1.807, 2.05) is 13.8 Å². The van der Waals surface area contributed by atoms with E-state index in [0.717, 1.165) is 0 Å². The zero-order valence-corrected chi connectivity index (χ0v) is 7.08. The van der Waals surface area contributed by atoms with Crippen LogP contribution in [0.5, 0.6) is 0 Å². The third kappa shape index (κ3) is 0.794. The highest BCUT2D eigenvalue weighted by atomic mass is 32.1. The largest absolute Gasteiger partial charge is 0.338 e. The van der Waals surface area contributed by atoms with Gasteiger partial charge in [-0.1, -0.05) is 0 Å². The molecule has 1 N–H and O–H groups in total. The molecule has 10 heavy (non-hydrogen) atoms. The van der Waals surface area contributed by atoms with Gasteiger partial charge in [0.05, 0.1) is 0 Å². The minimum absolute atomic E-state index is 0.0278. The van der Waals surface area contributed by atoms with Crippen LogP contribution in [-0.2, 0) is 4.79 Å². The van der Waals surface area contributed by atoms with Crippen molar-refractivity contribution in [2.75, 3.05) is 7.05 Å². The average molecular weight is 158 g/mol. The lowest BCUT2D eigenvalue weighted by molar-refractivity contribution is -0.124. The molecule has 0 bridgehead atoms. The van der Waals surface area contributed by atoms with Gasteiger partial charge in [-0.05, 0) is 26.1 Å². The van der Waals surface area contributed by atoms with Crippen LogP contribution in [0.4, 0.5) is 0 Å². The minimum Gasteiger partial charge on any atom is -0.338 e. The Morgan fingerprint density at radius 1 is 1.60 bits per heavy atom. The number of nitrogens with zero attached hydrogens (tertiary/aromatic N) is 1. The smallest absolute Gasteiger partial charge is 0.251 e. The summed E-state index contributed by atoms with van der Waals surface area (Å²) in [7, 11) is 1.81. The topological polar surface area (TPSA) is 32.3 Å². The lowest BCUT2D eigenvalue weighted by Crippen LogP contribution is -2.41. The molecule has 1 rings (SSSR count). The Bertz CT molecular complexity index is 200. The van der Waals surface area contributed by atoms with E-state index >= 15 is 0 Å². The van der Waals surface area contributed by atoms with E-state index in [0.29, 0.717) is 5.11 Å². The van der Waals surface area contributed by atoms with Crippen LogP contribution in [0.1, 0.15) is 13.8 Å². The monoisotopic (exact) mass is 158 g/mol. The van der Waals surface area contributed by atoms with Crippen LogP contribution in [0.25, 0.3) is 0 Å². The Balaban J connectivity index is 2.96. The van der Waals surface area contributed by atoms with Crippen molar-refractivity contribution < 1.29 is 4.79 Å². The fourth-order valence-corrected chi connectivity index (χ4v) is 1.06. The number of thiocarbonyl (C=S) groups is 1. The van der Waals surface area contributed by atoms with Crippen molar-refractivity contribution in [1.29, 1.82) is 0 Å². The first kappa shape index (κ1) is 7.47. The van der Waals surface area contributed by atoms with E-state index in [9.17, 15) is 4.79 Å². The van der Waals surface area contributed by atoms with Crippen LogP contribution in [0, 0.1) is 0 Å². The predicted octanol–water partition coefficient (Wildman–Crippen LogP) is 0.111. The molecule has 1 saturated heterocycles. The molecule has 3 nitrogen and oxygen atoms in total. The first-order valence-electron chi connectivity index (χ1n) is 3.05. The van der Waals surface area contributed by atoms with Crippen LogP contribution >= 0.6 is 12.2 Å². The quantitative estimate of drug-likeness (QED) is 0.508. The van der Waals surface area contributed by atoms with Gasteiger partial charge in [-0.3, -0.25) is 4.79 Å². The van der Waals surface area contributed by atoms with E-state index in [-0.39, 0.29) is 5.91 Å². The molecule has 0 aromatic rings. The summed E-state index contributed by atoms with van der Waals surface area (Å²) >= 11 is 4.86. The number of carbonyl (C=O) groups excluding carboxylic acids is 1. The number of amides is 1. The van der Waals surface area contributed by atoms with Gasteiger partial charge in [0.1, 0.15) is 5.54 Å². The van der Waals surface area contributed by atoms with Crippen molar-refractivity contribution in [2.24, 2.45) is 0 Å². The van der Waals surface area contributed by atoms with Gasteiger partial charge in [0, 0.05) is 7.05 Å². The number of carbonyl (C=O) groups is 1. The third-order valence-electron chi connectivity index (χ3n) is 1.92. The molecule has 4 heteroatoms. The van der Waals surface area contributed by atoms with Gasteiger partial charge in [0.15, 0.2) is 5.11 Å². The van der Waals surface area contributed by atoms with Crippen molar-refractivity contribution >= 4 is 23.2 Å². The van der Waals surface area contributed by atoms with Crippen molar-refractivity contribution in [2.45, 2.75) is 19.4 Å². The molecule has 0 unspecified atom stereocenters. The lowest BCUT2D eigenvalue weighted by Gasteiger charge is -2.24. The maximum absolute atomic E-state index is 11.1. The van der Waals surface area contributed by atoms with Crippen LogP contribution in [-0.4, -0.2) is 28.5 Å². The summed E-state index contributed by atoms with van der Waals surface area (Å²) in [6.07, 6.45) is 0. The summed E-state index contributed by atoms with van der Waals surface area (Å²) in [5.74, 6) is -0.0278. The fourth-order valence-electron chi connectivity index (χ4n) is 0.740. The molecule has 1 fully saturated rings. The Morgan fingerprint density at radius 2 is 2.10 bits per heavy atom. The van der Waals surface area contributed by atoms with Gasteiger partial charge < -0.3 is 10.2 Å². The van der Waals surface area contributed by atoms with E-state index in [1.165, 1.54) is 0 Å². The number of nitrogens with one attached hydrogen (secondary N) is 1. The van der Waals surface area contributed by atoms with Crippen molar-refractivity contribution in [3.8, 4) is 0 Å². The highest BCUT2D eigenvalue weighted by Crippen LogP contribution is 2.17. The molecule has 0 atom stereocenters. The molecule has 0 aromatic carbocycles. The van der Waals surface area contributed by atoms with Crippen LogP contribution in [0.3, 0.4) is 0 Å². The number of hydrogen-bond acceptors (Lipinski definition) is 2. The van der Waals surface area contributed by atoms with Gasteiger partial charge in [0.25, 0.3) is 5.91 Å². The zero-order chi connectivity index (χ0) is 7.94. The summed E-state index contributed by atoms with van der Waals surface area (Å²) in [4.78, 5) is 12.8. The lowest BCUT2D eigenvalue weighted by atomic mass is 10.1. The summed E-state index contributed by atoms with van der Waals surface area (Å²) in [6.45, 7) is 3.67. The second kappa shape index (κ2) is 1.92. The minimum atomic E-state index is -0.475. The van der Waals surface area contributed by atoms with Gasteiger partial charge in [-0.25, -0.2) is 0 Å². The molecular formula is C6H10N2OS. The molecule has 0 radical (unpaired) electrons. The highest BCUT2D eigenvalue weighted by molar-refractivity contribution is 7.80. The second-order valence-corrected chi connectivity index (χ2v) is 3.26. The van der Waals surface area contributed by atoms with E-state index in [2.05, 4.69) is 5.32 Å². The normalized spacial score (nSPS) is 23.3. The van der Waals surface area contributed by atoms with Gasteiger partial charge >= 0.3 is 0 Å². The molecular weight excluding hydrogens is 148 g/mol. The molecule has 56 valence electrons. The van der Waals surface area contributed by atoms with Crippen molar-refractivity contribution in [1.82, 2.24) is 10.2 Å². The molecule has 0 saturated carbocycles. The molecule has 1 heterocycles. The Labute approximate surface area is 65.4 Å². The van der Waals surface area contributed by atoms with Gasteiger partial charge in [0.2, 0.25) is 0 Å². The second-order valence-electron chi connectivity index (χ2n) is 2.88. The molecule has 1 aliphatic rings. The van der Waals surface area contributed by atoms with Crippen LogP contribution < -0.4 is 5.32 Å². The Kier molecular flexibility index (Phi) is 1.43. The zero-order valence-electron chi connectivity index (χ0n) is 6.26. The Hall–Kier alpha value is -0.640. The number of likely N-dealkylation sites (N-methyl/N-ethyl adjacent to an activating group) is 1. The first-order chi connectivity index (χ1) is 4.46. The van der Waals surface area contributed by atoms with Crippen LogP contribution in [0.2, 0.25) is 0 Å². The van der Waals surface area contributed by atoms with Gasteiger partial charge in [-0.15, -0.1) is 0 Å². The standard InChI is InChI=1S/C6H10N2OS/c1-6(2)4(9)7-5(10)8(6)3/h1-3H3,(H,7,9,10). The molecule has 0 spiro atoms. The summed E-state index contributed by atoms with van der Waals surface area (Å²) in [6, 6.07) is 0. The summed E-state index contributed by atoms with van der Waals surface area (Å²) in [5.41, 5.74) is -0.475. The van der Waals surface area contributed by atoms with E-state index in [4.69, 9.17) is 12.2 Å². The van der Waals surface area contributed by atoms with Crippen molar-refractivity contribution in [3.05, 3.63) is 0 Å². The van der Waals surface area contributed by atoms with E-state index in [1.54, 1.807) is 11.9 Å². The highest BCUT2D eigenvalue weighted by Gasteiger charge is 2.40. The SMILES string of the molecule is CN1C(=S)NC(=O)C1(C)C. The Morgan fingerprint density at radius 3 is 2.20 bits per heavy atom. The predicted molar refractivity (Wildman–Crippen MR) is 42.6 cm³/mol.